The molecule has 0 fully saturated rings. The topological polar surface area (TPSA) is 107 Å². The van der Waals surface area contributed by atoms with Crippen molar-refractivity contribution in [2.75, 3.05) is 7.11 Å². The van der Waals surface area contributed by atoms with Crippen molar-refractivity contribution < 1.29 is 24.2 Å². The van der Waals surface area contributed by atoms with Crippen LogP contribution in [0, 0.1) is 0 Å². The van der Waals surface area contributed by atoms with Gasteiger partial charge in [-0.15, -0.1) is 0 Å². The molecule has 4 aromatic rings. The van der Waals surface area contributed by atoms with Crippen LogP contribution in [0.5, 0.6) is 5.75 Å². The molecule has 40 heavy (non-hydrogen) atoms. The van der Waals surface area contributed by atoms with E-state index in [2.05, 4.69) is 4.99 Å². The zero-order valence-corrected chi connectivity index (χ0v) is 22.7. The monoisotopic (exact) mass is 554 g/mol. The molecule has 0 unspecified atom stereocenters. The van der Waals surface area contributed by atoms with Crippen LogP contribution in [0.4, 0.5) is 0 Å². The van der Waals surface area contributed by atoms with Gasteiger partial charge >= 0.3 is 11.9 Å². The van der Waals surface area contributed by atoms with Gasteiger partial charge in [-0.2, -0.15) is 0 Å². The van der Waals surface area contributed by atoms with Gasteiger partial charge in [0, 0.05) is 0 Å². The zero-order valence-electron chi connectivity index (χ0n) is 21.9. The smallest absolute Gasteiger partial charge is 0.338 e. The number of carbonyl (C=O) groups excluding carboxylic acids is 1. The Labute approximate surface area is 233 Å². The Kier molecular flexibility index (Phi) is 7.75. The van der Waals surface area contributed by atoms with Crippen LogP contribution in [0.15, 0.2) is 99.9 Å². The van der Waals surface area contributed by atoms with Crippen molar-refractivity contribution in [1.29, 1.82) is 0 Å². The van der Waals surface area contributed by atoms with E-state index in [1.54, 1.807) is 34.9 Å². The number of thiazole rings is 1. The summed E-state index contributed by atoms with van der Waals surface area (Å²) in [4.78, 5) is 42.8. The number of ether oxygens (including phenoxy) is 2. The molecule has 1 aliphatic rings. The molecular weight excluding hydrogens is 528 g/mol. The van der Waals surface area contributed by atoms with Gasteiger partial charge in [-0.1, -0.05) is 72.9 Å². The molecule has 0 radical (unpaired) electrons. The highest BCUT2D eigenvalue weighted by molar-refractivity contribution is 7.07. The Morgan fingerprint density at radius 2 is 1.73 bits per heavy atom. The molecule has 1 aliphatic heterocycles. The van der Waals surface area contributed by atoms with Gasteiger partial charge in [0.25, 0.3) is 5.56 Å². The second kappa shape index (κ2) is 11.5. The van der Waals surface area contributed by atoms with E-state index in [9.17, 15) is 14.4 Å². The number of aromatic nitrogens is 1. The molecule has 202 valence electrons. The van der Waals surface area contributed by atoms with Crippen molar-refractivity contribution in [3.8, 4) is 5.75 Å². The number of carboxylic acid groups (broad SMARTS) is 1. The highest BCUT2D eigenvalue weighted by Gasteiger charge is 2.33. The Morgan fingerprint density at radius 1 is 1.02 bits per heavy atom. The van der Waals surface area contributed by atoms with E-state index in [4.69, 9.17) is 14.6 Å². The van der Waals surface area contributed by atoms with Gasteiger partial charge in [-0.05, 0) is 53.5 Å². The minimum atomic E-state index is -0.972. The third kappa shape index (κ3) is 5.37. The number of hydrogen-bond acceptors (Lipinski definition) is 7. The molecule has 0 bridgehead atoms. The number of hydrogen-bond donors (Lipinski definition) is 1. The van der Waals surface area contributed by atoms with Crippen molar-refractivity contribution >= 4 is 29.4 Å². The molecular formula is C31H26N2O6S. The van der Waals surface area contributed by atoms with Crippen LogP contribution in [-0.4, -0.2) is 28.7 Å². The number of rotatable bonds is 8. The largest absolute Gasteiger partial charge is 0.489 e. The summed E-state index contributed by atoms with van der Waals surface area (Å²) in [5.41, 5.74) is 3.42. The molecule has 1 atom stereocenters. The quantitative estimate of drug-likeness (QED) is 0.329. The van der Waals surface area contributed by atoms with Crippen LogP contribution in [-0.2, 0) is 16.1 Å². The maximum atomic E-state index is 13.7. The summed E-state index contributed by atoms with van der Waals surface area (Å²) >= 11 is 1.28. The maximum absolute atomic E-state index is 13.7. The van der Waals surface area contributed by atoms with Crippen LogP contribution < -0.4 is 19.6 Å². The van der Waals surface area contributed by atoms with Crippen LogP contribution in [0.1, 0.15) is 46.4 Å². The average molecular weight is 555 g/mol. The maximum Gasteiger partial charge on any atom is 0.338 e. The van der Waals surface area contributed by atoms with Gasteiger partial charge in [0.05, 0.1) is 34.5 Å². The summed E-state index contributed by atoms with van der Waals surface area (Å²) < 4.78 is 13.0. The molecule has 0 saturated heterocycles. The fourth-order valence-corrected chi connectivity index (χ4v) is 5.56. The first-order valence-electron chi connectivity index (χ1n) is 12.6. The normalized spacial score (nSPS) is 14.8. The Bertz CT molecular complexity index is 1770. The second-order valence-electron chi connectivity index (χ2n) is 9.06. The lowest BCUT2D eigenvalue weighted by atomic mass is 9.95. The highest BCUT2D eigenvalue weighted by atomic mass is 32.1. The summed E-state index contributed by atoms with van der Waals surface area (Å²) in [6, 6.07) is 22.6. The zero-order chi connectivity index (χ0) is 28.2. The highest BCUT2D eigenvalue weighted by Crippen LogP contribution is 2.31. The van der Waals surface area contributed by atoms with Crippen molar-refractivity contribution in [2.45, 2.75) is 26.0 Å². The molecule has 1 N–H and O–H groups in total. The lowest BCUT2D eigenvalue weighted by molar-refractivity contribution is -0.136. The minimum absolute atomic E-state index is 0.223. The first kappa shape index (κ1) is 26.8. The minimum Gasteiger partial charge on any atom is -0.489 e. The van der Waals surface area contributed by atoms with Crippen LogP contribution in [0.25, 0.3) is 6.08 Å². The van der Waals surface area contributed by atoms with Gasteiger partial charge in [0.1, 0.15) is 12.4 Å². The predicted molar refractivity (Wildman–Crippen MR) is 151 cm³/mol. The number of aromatic carboxylic acids is 1. The Hall–Kier alpha value is -4.76. The van der Waals surface area contributed by atoms with Crippen molar-refractivity contribution in [2.24, 2.45) is 4.99 Å². The van der Waals surface area contributed by atoms with Crippen LogP contribution in [0.2, 0.25) is 0 Å². The molecule has 8 nitrogen and oxygen atoms in total. The Balaban J connectivity index is 1.45. The van der Waals surface area contributed by atoms with E-state index in [-0.39, 0.29) is 11.1 Å². The molecule has 1 aromatic heterocycles. The van der Waals surface area contributed by atoms with Crippen molar-refractivity contribution in [3.63, 3.8) is 0 Å². The lowest BCUT2D eigenvalue weighted by Crippen LogP contribution is -2.40. The number of carbonyl (C=O) groups is 2. The summed E-state index contributed by atoms with van der Waals surface area (Å²) in [5, 5.41) is 9.03. The second-order valence-corrected chi connectivity index (χ2v) is 10.1. The van der Waals surface area contributed by atoms with E-state index < -0.39 is 18.0 Å². The number of carboxylic acids is 1. The average Bonchev–Trinajstić information content (AvgIpc) is 3.30. The molecule has 5 rings (SSSR count). The molecule has 0 spiro atoms. The van der Waals surface area contributed by atoms with E-state index in [0.717, 1.165) is 16.7 Å². The number of fused-ring (bicyclic) bond motifs is 1. The third-order valence-electron chi connectivity index (χ3n) is 6.55. The third-order valence-corrected chi connectivity index (χ3v) is 7.53. The number of methoxy groups -OCH3 is 1. The summed E-state index contributed by atoms with van der Waals surface area (Å²) in [6.45, 7) is 2.21. The fraction of sp³-hybridized carbons (Fsp3) is 0.161. The molecule has 9 heteroatoms. The van der Waals surface area contributed by atoms with Gasteiger partial charge in [0.15, 0.2) is 4.80 Å². The van der Waals surface area contributed by atoms with Gasteiger partial charge in [-0.25, -0.2) is 14.6 Å². The van der Waals surface area contributed by atoms with E-state index in [1.165, 1.54) is 18.4 Å². The van der Waals surface area contributed by atoms with E-state index >= 15 is 0 Å². The van der Waals surface area contributed by atoms with Crippen LogP contribution >= 0.6 is 11.3 Å². The first-order chi connectivity index (χ1) is 19.4. The van der Waals surface area contributed by atoms with Gasteiger partial charge in [0.2, 0.25) is 0 Å². The number of nitrogens with zero attached hydrogens (tertiary/aromatic N) is 2. The molecule has 0 amide bonds. The molecule has 0 aliphatic carbocycles. The first-order valence-corrected chi connectivity index (χ1v) is 13.4. The van der Waals surface area contributed by atoms with Crippen LogP contribution in [0.3, 0.4) is 0 Å². The number of esters is 1. The van der Waals surface area contributed by atoms with Crippen molar-refractivity contribution in [3.05, 3.63) is 132 Å². The summed E-state index contributed by atoms with van der Waals surface area (Å²) in [6.07, 6.45) is 2.32. The molecule has 2 heterocycles. The number of allylic oxidation sites excluding steroid dienone is 1. The van der Waals surface area contributed by atoms with Gasteiger partial charge in [-0.3, -0.25) is 9.36 Å². The summed E-state index contributed by atoms with van der Waals surface area (Å²) in [5.74, 6) is -0.835. The summed E-state index contributed by atoms with van der Waals surface area (Å²) in [7, 11) is 1.33. The molecule has 3 aromatic carbocycles. The lowest BCUT2D eigenvalue weighted by Gasteiger charge is -2.25. The predicted octanol–water partition coefficient (Wildman–Crippen LogP) is 4.08. The number of benzene rings is 3. The standard InChI is InChI=1S/C31H26N2O6S/c1-3-24-26(30(37)38-2)27(21-7-5-4-6-8-21)33-28(34)25(40-31(33)32-24)17-19-11-15-23(16-12-19)39-18-20-9-13-22(14-10-20)29(35)36/h4-17,27H,3,18H2,1-2H3,(H,35,36)/b25-17-/t27-/m0/s1. The van der Waals surface area contributed by atoms with Gasteiger partial charge < -0.3 is 14.6 Å². The fourth-order valence-electron chi connectivity index (χ4n) is 4.54. The van der Waals surface area contributed by atoms with E-state index in [1.807, 2.05) is 61.5 Å². The SMILES string of the molecule is CCC1=C(C(=O)OC)[C@H](c2ccccc2)n2c(s/c(=C\c3ccc(OCc4ccc(C(=O)O)cc4)cc3)c2=O)=N1. The Morgan fingerprint density at radius 3 is 2.35 bits per heavy atom. The van der Waals surface area contributed by atoms with E-state index in [0.29, 0.717) is 39.4 Å². The molecule has 0 saturated carbocycles. The van der Waals surface area contributed by atoms with Crippen molar-refractivity contribution in [1.82, 2.24) is 4.57 Å².